The first-order chi connectivity index (χ1) is 10.0. The number of likely N-dealkylation sites (N-methyl/N-ethyl adjacent to an activating group) is 1. The lowest BCUT2D eigenvalue weighted by molar-refractivity contribution is 0.0845. The van der Waals surface area contributed by atoms with Gasteiger partial charge in [-0.3, -0.25) is 0 Å². The summed E-state index contributed by atoms with van der Waals surface area (Å²) in [6, 6.07) is 2.20. The number of hydrogen-bond acceptors (Lipinski definition) is 6. The molecule has 0 radical (unpaired) electrons. The molecule has 0 aliphatic rings. The van der Waals surface area contributed by atoms with Gasteiger partial charge in [-0.25, -0.2) is 4.98 Å². The van der Waals surface area contributed by atoms with E-state index in [1.54, 1.807) is 11.3 Å². The van der Waals surface area contributed by atoms with Crippen LogP contribution >= 0.6 is 11.3 Å². The zero-order chi connectivity index (χ0) is 15.4. The molecule has 5 nitrogen and oxygen atoms in total. The number of aromatic nitrogens is 2. The minimum Gasteiger partial charge on any atom is -0.377 e. The lowest BCUT2D eigenvalue weighted by Gasteiger charge is -2.20. The normalized spacial score (nSPS) is 11.3. The molecule has 116 valence electrons. The molecule has 0 aromatic carbocycles. The summed E-state index contributed by atoms with van der Waals surface area (Å²) >= 11 is 1.74. The van der Waals surface area contributed by atoms with Gasteiger partial charge in [-0.15, -0.1) is 11.3 Å². The van der Waals surface area contributed by atoms with Crippen molar-refractivity contribution in [3.8, 4) is 0 Å². The van der Waals surface area contributed by atoms with Crippen molar-refractivity contribution in [1.29, 1.82) is 0 Å². The fraction of sp³-hybridized carbons (Fsp3) is 0.600. The Kier molecular flexibility index (Phi) is 5.36. The molecule has 21 heavy (non-hydrogen) atoms. The maximum Gasteiger partial charge on any atom is 0.225 e. The maximum absolute atomic E-state index is 5.63. The summed E-state index contributed by atoms with van der Waals surface area (Å²) in [7, 11) is 3.90. The molecule has 1 N–H and O–H groups in total. The van der Waals surface area contributed by atoms with Crippen LogP contribution in [-0.4, -0.2) is 43.3 Å². The Hall–Kier alpha value is -1.40. The van der Waals surface area contributed by atoms with Crippen molar-refractivity contribution in [2.75, 3.05) is 37.5 Å². The molecule has 6 heteroatoms. The van der Waals surface area contributed by atoms with Crippen molar-refractivity contribution >= 4 is 33.3 Å². The highest BCUT2D eigenvalue weighted by molar-refractivity contribution is 7.18. The smallest absolute Gasteiger partial charge is 0.225 e. The minimum atomic E-state index is 0.254. The van der Waals surface area contributed by atoms with Crippen molar-refractivity contribution in [1.82, 2.24) is 9.97 Å². The highest BCUT2D eigenvalue weighted by atomic mass is 32.1. The van der Waals surface area contributed by atoms with E-state index >= 15 is 0 Å². The highest BCUT2D eigenvalue weighted by Gasteiger charge is 2.14. The number of nitrogens with zero attached hydrogens (tertiary/aromatic N) is 3. The minimum absolute atomic E-state index is 0.254. The number of nitrogens with one attached hydrogen (secondary N) is 1. The molecule has 0 spiro atoms. The van der Waals surface area contributed by atoms with Crippen LogP contribution in [0.15, 0.2) is 6.07 Å². The Balaban J connectivity index is 2.29. The predicted molar refractivity (Wildman–Crippen MR) is 90.7 cm³/mol. The molecular formula is C15H24N4OS. The summed E-state index contributed by atoms with van der Waals surface area (Å²) in [6.45, 7) is 7.77. The van der Waals surface area contributed by atoms with Crippen molar-refractivity contribution in [2.24, 2.45) is 0 Å². The lowest BCUT2D eigenvalue weighted by Crippen LogP contribution is -2.25. The first kappa shape index (κ1) is 16.0. The molecule has 0 saturated carbocycles. The summed E-state index contributed by atoms with van der Waals surface area (Å²) < 4.78 is 5.63. The van der Waals surface area contributed by atoms with Gasteiger partial charge in [0.2, 0.25) is 5.95 Å². The Bertz CT molecular complexity index is 597. The largest absolute Gasteiger partial charge is 0.377 e. The number of fused-ring (bicyclic) bond motifs is 1. The van der Waals surface area contributed by atoms with Gasteiger partial charge in [0.1, 0.15) is 10.6 Å². The first-order valence-electron chi connectivity index (χ1n) is 7.36. The Morgan fingerprint density at radius 1 is 1.38 bits per heavy atom. The molecule has 2 heterocycles. The average Bonchev–Trinajstić information content (AvgIpc) is 2.88. The van der Waals surface area contributed by atoms with E-state index in [-0.39, 0.29) is 6.10 Å². The third-order valence-electron chi connectivity index (χ3n) is 3.24. The monoisotopic (exact) mass is 308 g/mol. The van der Waals surface area contributed by atoms with Crippen LogP contribution in [0.25, 0.3) is 10.2 Å². The number of hydrogen-bond donors (Lipinski definition) is 1. The molecule has 0 saturated heterocycles. The molecular weight excluding hydrogens is 284 g/mol. The second-order valence-electron chi connectivity index (χ2n) is 5.25. The SMILES string of the molecule is CCc1cc2c(N(C)CCOC(C)C)nc(NC)nc2s1. The van der Waals surface area contributed by atoms with Gasteiger partial charge in [-0.05, 0) is 26.3 Å². The molecule has 0 atom stereocenters. The summed E-state index contributed by atoms with van der Waals surface area (Å²) in [5.74, 6) is 1.63. The molecule has 0 fully saturated rings. The Labute approximate surface area is 130 Å². The van der Waals surface area contributed by atoms with Gasteiger partial charge >= 0.3 is 0 Å². The van der Waals surface area contributed by atoms with E-state index in [9.17, 15) is 0 Å². The highest BCUT2D eigenvalue weighted by Crippen LogP contribution is 2.31. The number of rotatable bonds is 7. The van der Waals surface area contributed by atoms with E-state index in [1.807, 2.05) is 27.9 Å². The second-order valence-corrected chi connectivity index (χ2v) is 6.36. The van der Waals surface area contributed by atoms with Crippen molar-refractivity contribution < 1.29 is 4.74 Å². The number of anilines is 2. The predicted octanol–water partition coefficient (Wildman–Crippen LogP) is 3.16. The molecule has 0 unspecified atom stereocenters. The van der Waals surface area contributed by atoms with Gasteiger partial charge in [-0.1, -0.05) is 6.92 Å². The van der Waals surface area contributed by atoms with Gasteiger partial charge in [0.05, 0.1) is 18.1 Å². The van der Waals surface area contributed by atoms with Crippen molar-refractivity contribution in [3.63, 3.8) is 0 Å². The fourth-order valence-corrected chi connectivity index (χ4v) is 3.03. The summed E-state index contributed by atoms with van der Waals surface area (Å²) in [4.78, 5) is 13.7. The van der Waals surface area contributed by atoms with Gasteiger partial charge in [0.25, 0.3) is 0 Å². The van der Waals surface area contributed by atoms with Crippen LogP contribution < -0.4 is 10.2 Å². The van der Waals surface area contributed by atoms with E-state index in [1.165, 1.54) is 4.88 Å². The van der Waals surface area contributed by atoms with Crippen molar-refractivity contribution in [3.05, 3.63) is 10.9 Å². The van der Waals surface area contributed by atoms with E-state index in [4.69, 9.17) is 4.74 Å². The molecule has 0 aliphatic carbocycles. The standard InChI is InChI=1S/C15H24N4OS/c1-6-11-9-12-13(19(5)7-8-20-10(2)3)17-15(16-4)18-14(12)21-11/h9-10H,6-8H2,1-5H3,(H,16,17,18). The lowest BCUT2D eigenvalue weighted by atomic mass is 10.3. The zero-order valence-corrected chi connectivity index (χ0v) is 14.3. The topological polar surface area (TPSA) is 50.3 Å². The van der Waals surface area contributed by atoms with Crippen molar-refractivity contribution in [2.45, 2.75) is 33.3 Å². The van der Waals surface area contributed by atoms with Gasteiger partial charge in [0.15, 0.2) is 0 Å². The third-order valence-corrected chi connectivity index (χ3v) is 4.41. The first-order valence-corrected chi connectivity index (χ1v) is 8.17. The molecule has 2 aromatic rings. The third kappa shape index (κ3) is 3.83. The van der Waals surface area contributed by atoms with Crippen LogP contribution in [0.3, 0.4) is 0 Å². The fourth-order valence-electron chi connectivity index (χ4n) is 2.06. The van der Waals surface area contributed by atoms with Gasteiger partial charge in [0, 0.05) is 25.5 Å². The van der Waals surface area contributed by atoms with Crippen LogP contribution in [0, 0.1) is 0 Å². The average molecular weight is 308 g/mol. The van der Waals surface area contributed by atoms with Crippen LogP contribution in [-0.2, 0) is 11.2 Å². The zero-order valence-electron chi connectivity index (χ0n) is 13.4. The van der Waals surface area contributed by atoms with Gasteiger partial charge in [-0.2, -0.15) is 4.98 Å². The van der Waals surface area contributed by atoms with Crippen LogP contribution in [0.1, 0.15) is 25.6 Å². The van der Waals surface area contributed by atoms with Crippen LogP contribution in [0.5, 0.6) is 0 Å². The second kappa shape index (κ2) is 7.04. The van der Waals surface area contributed by atoms with Crippen LogP contribution in [0.2, 0.25) is 0 Å². The molecule has 0 aliphatic heterocycles. The van der Waals surface area contributed by atoms with E-state index in [0.29, 0.717) is 12.6 Å². The molecule has 0 amide bonds. The summed E-state index contributed by atoms with van der Waals surface area (Å²) in [6.07, 6.45) is 1.28. The summed E-state index contributed by atoms with van der Waals surface area (Å²) in [5, 5.41) is 4.17. The number of ether oxygens (including phenoxy) is 1. The number of thiophene rings is 1. The molecule has 2 rings (SSSR count). The van der Waals surface area contributed by atoms with Crippen LogP contribution in [0.4, 0.5) is 11.8 Å². The van der Waals surface area contributed by atoms with E-state index in [0.717, 1.165) is 29.0 Å². The van der Waals surface area contributed by atoms with E-state index in [2.05, 4.69) is 33.2 Å². The van der Waals surface area contributed by atoms with E-state index < -0.39 is 0 Å². The maximum atomic E-state index is 5.63. The van der Waals surface area contributed by atoms with Gasteiger partial charge < -0.3 is 15.0 Å². The Morgan fingerprint density at radius 2 is 2.14 bits per heavy atom. The summed E-state index contributed by atoms with van der Waals surface area (Å²) in [5.41, 5.74) is 0. The quantitative estimate of drug-likeness (QED) is 0.851. The molecule has 2 aromatic heterocycles. The number of aryl methyl sites for hydroxylation is 1. The Morgan fingerprint density at radius 3 is 2.76 bits per heavy atom. The molecule has 0 bridgehead atoms.